The summed E-state index contributed by atoms with van der Waals surface area (Å²) in [5.74, 6) is -0.186. The molecule has 0 atom stereocenters. The summed E-state index contributed by atoms with van der Waals surface area (Å²) >= 11 is 0. The first kappa shape index (κ1) is 13.2. The number of nitrogens with zero attached hydrogens (tertiary/aromatic N) is 2. The first-order chi connectivity index (χ1) is 10.2. The molecule has 3 rings (SSSR count). The maximum absolute atomic E-state index is 10.8. The number of hydrogen-bond acceptors (Lipinski definition) is 3. The SMILES string of the molecule is O=C(O)CCc1nc(-c2ccccc2)nc2ccccc12. The lowest BCUT2D eigenvalue weighted by Gasteiger charge is -2.08. The molecule has 0 amide bonds. The molecule has 0 unspecified atom stereocenters. The number of hydrogen-bond donors (Lipinski definition) is 1. The Bertz CT molecular complexity index is 785. The number of rotatable bonds is 4. The number of para-hydroxylation sites is 1. The molecule has 1 heterocycles. The molecule has 1 aromatic heterocycles. The predicted molar refractivity (Wildman–Crippen MR) is 80.9 cm³/mol. The Hall–Kier alpha value is -2.75. The van der Waals surface area contributed by atoms with E-state index in [4.69, 9.17) is 5.11 Å². The standard InChI is InChI=1S/C17H14N2O2/c20-16(21)11-10-15-13-8-4-5-9-14(13)18-17(19-15)12-6-2-1-3-7-12/h1-9H,10-11H2,(H,20,21). The third-order valence-electron chi connectivity index (χ3n) is 3.29. The fraction of sp³-hybridized carbons (Fsp3) is 0.118. The minimum atomic E-state index is -0.820. The second kappa shape index (κ2) is 5.71. The van der Waals surface area contributed by atoms with Gasteiger partial charge in [-0.15, -0.1) is 0 Å². The van der Waals surface area contributed by atoms with Crippen LogP contribution in [0.25, 0.3) is 22.3 Å². The fourth-order valence-electron chi connectivity index (χ4n) is 2.27. The van der Waals surface area contributed by atoms with Crippen molar-refractivity contribution in [2.75, 3.05) is 0 Å². The second-order valence-corrected chi connectivity index (χ2v) is 4.77. The van der Waals surface area contributed by atoms with Gasteiger partial charge in [-0.1, -0.05) is 48.5 Å². The summed E-state index contributed by atoms with van der Waals surface area (Å²) in [4.78, 5) is 20.0. The molecule has 4 nitrogen and oxygen atoms in total. The van der Waals surface area contributed by atoms with Gasteiger partial charge in [0.15, 0.2) is 5.82 Å². The molecule has 0 fully saturated rings. The van der Waals surface area contributed by atoms with Crippen LogP contribution in [0.4, 0.5) is 0 Å². The molecule has 0 radical (unpaired) electrons. The molecule has 0 spiro atoms. The van der Waals surface area contributed by atoms with Gasteiger partial charge in [0.2, 0.25) is 0 Å². The molecule has 21 heavy (non-hydrogen) atoms. The summed E-state index contributed by atoms with van der Waals surface area (Å²) in [5, 5.41) is 9.81. The highest BCUT2D eigenvalue weighted by molar-refractivity contribution is 5.83. The minimum absolute atomic E-state index is 0.0647. The second-order valence-electron chi connectivity index (χ2n) is 4.77. The zero-order chi connectivity index (χ0) is 14.7. The van der Waals surface area contributed by atoms with Gasteiger partial charge in [-0.05, 0) is 6.07 Å². The highest BCUT2D eigenvalue weighted by Gasteiger charge is 2.10. The summed E-state index contributed by atoms with van der Waals surface area (Å²) in [6, 6.07) is 17.4. The van der Waals surface area contributed by atoms with Gasteiger partial charge < -0.3 is 5.11 Å². The van der Waals surface area contributed by atoms with Crippen molar-refractivity contribution in [3.8, 4) is 11.4 Å². The summed E-state index contributed by atoms with van der Waals surface area (Å²) < 4.78 is 0. The molecular formula is C17H14N2O2. The average molecular weight is 278 g/mol. The monoisotopic (exact) mass is 278 g/mol. The molecule has 1 N–H and O–H groups in total. The van der Waals surface area contributed by atoms with Gasteiger partial charge in [0.1, 0.15) is 0 Å². The van der Waals surface area contributed by atoms with E-state index in [1.165, 1.54) is 0 Å². The maximum atomic E-state index is 10.8. The number of aliphatic carboxylic acids is 1. The Morgan fingerprint density at radius 1 is 0.952 bits per heavy atom. The Morgan fingerprint density at radius 3 is 2.43 bits per heavy atom. The fourth-order valence-corrected chi connectivity index (χ4v) is 2.27. The number of aryl methyl sites for hydroxylation is 1. The molecular weight excluding hydrogens is 264 g/mol. The van der Waals surface area contributed by atoms with E-state index >= 15 is 0 Å². The van der Waals surface area contributed by atoms with Gasteiger partial charge in [-0.25, -0.2) is 9.97 Å². The Kier molecular flexibility index (Phi) is 3.60. The number of carboxylic acids is 1. The van der Waals surface area contributed by atoms with Crippen molar-refractivity contribution in [1.82, 2.24) is 9.97 Å². The van der Waals surface area contributed by atoms with Crippen molar-refractivity contribution in [2.24, 2.45) is 0 Å². The lowest BCUT2D eigenvalue weighted by atomic mass is 10.1. The highest BCUT2D eigenvalue weighted by atomic mass is 16.4. The molecule has 0 saturated heterocycles. The van der Waals surface area contributed by atoms with E-state index < -0.39 is 5.97 Å². The van der Waals surface area contributed by atoms with E-state index in [0.717, 1.165) is 22.2 Å². The summed E-state index contributed by atoms with van der Waals surface area (Å²) in [6.45, 7) is 0. The molecule has 104 valence electrons. The van der Waals surface area contributed by atoms with Crippen LogP contribution in [0.15, 0.2) is 54.6 Å². The lowest BCUT2D eigenvalue weighted by molar-refractivity contribution is -0.136. The molecule has 4 heteroatoms. The number of carboxylic acid groups (broad SMARTS) is 1. The van der Waals surface area contributed by atoms with Crippen LogP contribution in [0, 0.1) is 0 Å². The van der Waals surface area contributed by atoms with E-state index in [9.17, 15) is 4.79 Å². The van der Waals surface area contributed by atoms with Crippen LogP contribution in [0.1, 0.15) is 12.1 Å². The zero-order valence-electron chi connectivity index (χ0n) is 11.4. The van der Waals surface area contributed by atoms with Crippen molar-refractivity contribution in [1.29, 1.82) is 0 Å². The van der Waals surface area contributed by atoms with Crippen molar-refractivity contribution in [2.45, 2.75) is 12.8 Å². The third-order valence-corrected chi connectivity index (χ3v) is 3.29. The number of benzene rings is 2. The van der Waals surface area contributed by atoms with Crippen LogP contribution in [-0.2, 0) is 11.2 Å². The van der Waals surface area contributed by atoms with Crippen molar-refractivity contribution in [3.63, 3.8) is 0 Å². The summed E-state index contributed by atoms with van der Waals surface area (Å²) in [7, 11) is 0. The van der Waals surface area contributed by atoms with Gasteiger partial charge in [0.25, 0.3) is 0 Å². The largest absolute Gasteiger partial charge is 0.481 e. The quantitative estimate of drug-likeness (QED) is 0.795. The van der Waals surface area contributed by atoms with Crippen molar-refractivity contribution >= 4 is 16.9 Å². The van der Waals surface area contributed by atoms with Gasteiger partial charge in [0.05, 0.1) is 17.6 Å². The lowest BCUT2D eigenvalue weighted by Crippen LogP contribution is -2.02. The van der Waals surface area contributed by atoms with E-state index in [2.05, 4.69) is 9.97 Å². The van der Waals surface area contributed by atoms with Crippen LogP contribution in [0.5, 0.6) is 0 Å². The smallest absolute Gasteiger partial charge is 0.303 e. The van der Waals surface area contributed by atoms with Gasteiger partial charge in [0, 0.05) is 17.4 Å². The maximum Gasteiger partial charge on any atom is 0.303 e. The first-order valence-electron chi connectivity index (χ1n) is 6.77. The number of fused-ring (bicyclic) bond motifs is 1. The van der Waals surface area contributed by atoms with E-state index in [1.54, 1.807) is 0 Å². The molecule has 0 aliphatic heterocycles. The molecule has 0 saturated carbocycles. The average Bonchev–Trinajstić information content (AvgIpc) is 2.53. The molecule has 0 aliphatic rings. The first-order valence-corrected chi connectivity index (χ1v) is 6.77. The Morgan fingerprint density at radius 2 is 1.67 bits per heavy atom. The molecule has 0 aliphatic carbocycles. The molecule has 0 bridgehead atoms. The Balaban J connectivity index is 2.12. The normalized spacial score (nSPS) is 10.7. The summed E-state index contributed by atoms with van der Waals surface area (Å²) in [5.41, 5.74) is 2.55. The van der Waals surface area contributed by atoms with Crippen molar-refractivity contribution in [3.05, 3.63) is 60.3 Å². The third kappa shape index (κ3) is 2.89. The topological polar surface area (TPSA) is 63.1 Å². The Labute approximate surface area is 122 Å². The van der Waals surface area contributed by atoms with Crippen molar-refractivity contribution < 1.29 is 9.90 Å². The van der Waals surface area contributed by atoms with Crippen LogP contribution in [0.2, 0.25) is 0 Å². The van der Waals surface area contributed by atoms with Gasteiger partial charge >= 0.3 is 5.97 Å². The predicted octanol–water partition coefficient (Wildman–Crippen LogP) is 3.31. The summed E-state index contributed by atoms with van der Waals surface area (Å²) in [6.07, 6.45) is 0.466. The number of aromatic nitrogens is 2. The molecule has 2 aromatic carbocycles. The van der Waals surface area contributed by atoms with E-state index in [0.29, 0.717) is 12.2 Å². The van der Waals surface area contributed by atoms with Crippen LogP contribution >= 0.6 is 0 Å². The van der Waals surface area contributed by atoms with E-state index in [1.807, 2.05) is 54.6 Å². The number of carbonyl (C=O) groups is 1. The van der Waals surface area contributed by atoms with Gasteiger partial charge in [-0.2, -0.15) is 0 Å². The van der Waals surface area contributed by atoms with Crippen LogP contribution < -0.4 is 0 Å². The van der Waals surface area contributed by atoms with Gasteiger partial charge in [-0.3, -0.25) is 4.79 Å². The van der Waals surface area contributed by atoms with Crippen LogP contribution in [0.3, 0.4) is 0 Å². The molecule has 3 aromatic rings. The zero-order valence-corrected chi connectivity index (χ0v) is 11.4. The highest BCUT2D eigenvalue weighted by Crippen LogP contribution is 2.22. The van der Waals surface area contributed by atoms with Crippen LogP contribution in [-0.4, -0.2) is 21.0 Å². The minimum Gasteiger partial charge on any atom is -0.481 e. The van der Waals surface area contributed by atoms with E-state index in [-0.39, 0.29) is 6.42 Å².